The summed E-state index contributed by atoms with van der Waals surface area (Å²) in [4.78, 5) is 25.0. The van der Waals surface area contributed by atoms with Crippen LogP contribution >= 0.6 is 0 Å². The molecule has 3 N–H and O–H groups in total. The van der Waals surface area contributed by atoms with E-state index in [1.54, 1.807) is 19.4 Å². The number of aliphatic imine (C=N–C) groups is 1. The van der Waals surface area contributed by atoms with E-state index in [9.17, 15) is 4.79 Å². The van der Waals surface area contributed by atoms with Crippen LogP contribution < -0.4 is 16.0 Å². The molecule has 8 heteroatoms. The molecule has 0 aliphatic rings. The number of benzene rings is 1. The summed E-state index contributed by atoms with van der Waals surface area (Å²) in [6.07, 6.45) is 1.91. The molecule has 3 aromatic rings. The molecule has 2 heterocycles. The summed E-state index contributed by atoms with van der Waals surface area (Å²) in [5, 5.41) is 9.06. The lowest BCUT2D eigenvalue weighted by Gasteiger charge is -2.11. The number of rotatable bonds is 7. The summed E-state index contributed by atoms with van der Waals surface area (Å²) in [5.41, 5.74) is 3.74. The molecule has 1 amide bonds. The van der Waals surface area contributed by atoms with Crippen molar-refractivity contribution in [1.29, 1.82) is 0 Å². The average Bonchev–Trinajstić information content (AvgIpc) is 3.20. The summed E-state index contributed by atoms with van der Waals surface area (Å²) in [7, 11) is 1.67. The zero-order valence-corrected chi connectivity index (χ0v) is 17.4. The van der Waals surface area contributed by atoms with Crippen molar-refractivity contribution in [2.24, 2.45) is 4.99 Å². The van der Waals surface area contributed by atoms with Crippen LogP contribution in [0.2, 0.25) is 0 Å². The van der Waals surface area contributed by atoms with Crippen LogP contribution in [0.15, 0.2) is 58.1 Å². The number of oxazole rings is 1. The summed E-state index contributed by atoms with van der Waals surface area (Å²) in [6, 6.07) is 13.5. The van der Waals surface area contributed by atoms with E-state index in [2.05, 4.69) is 30.9 Å². The smallest absolute Gasteiger partial charge is 0.227 e. The number of anilines is 1. The number of aromatic nitrogens is 2. The number of aryl methyl sites for hydroxylation is 2. The Morgan fingerprint density at radius 2 is 1.87 bits per heavy atom. The molecule has 0 spiro atoms. The molecule has 0 saturated carbocycles. The van der Waals surface area contributed by atoms with Gasteiger partial charge in [0.05, 0.1) is 12.2 Å². The molecular weight excluding hydrogens is 380 g/mol. The topological polar surface area (TPSA) is 104 Å². The molecule has 0 aliphatic carbocycles. The molecule has 8 nitrogen and oxygen atoms in total. The van der Waals surface area contributed by atoms with E-state index in [1.807, 2.05) is 50.2 Å². The summed E-state index contributed by atoms with van der Waals surface area (Å²) >= 11 is 0. The van der Waals surface area contributed by atoms with E-state index in [4.69, 9.17) is 4.42 Å². The number of hydrogen-bond acceptors (Lipinski definition) is 5. The van der Waals surface area contributed by atoms with Crippen molar-refractivity contribution >= 4 is 17.7 Å². The van der Waals surface area contributed by atoms with Gasteiger partial charge in [0.1, 0.15) is 12.1 Å². The number of amides is 1. The predicted octanol–water partition coefficient (Wildman–Crippen LogP) is 3.05. The van der Waals surface area contributed by atoms with E-state index in [0.29, 0.717) is 30.8 Å². The molecule has 0 saturated heterocycles. The van der Waals surface area contributed by atoms with Crippen molar-refractivity contribution < 1.29 is 9.21 Å². The molecule has 3 rings (SSSR count). The van der Waals surface area contributed by atoms with Crippen molar-refractivity contribution in [1.82, 2.24) is 20.6 Å². The van der Waals surface area contributed by atoms with Crippen molar-refractivity contribution in [3.63, 3.8) is 0 Å². The van der Waals surface area contributed by atoms with Crippen LogP contribution in [0, 0.1) is 13.8 Å². The van der Waals surface area contributed by atoms with Gasteiger partial charge in [0, 0.05) is 31.3 Å². The van der Waals surface area contributed by atoms with Crippen molar-refractivity contribution in [2.45, 2.75) is 26.8 Å². The maximum absolute atomic E-state index is 12.1. The van der Waals surface area contributed by atoms with Gasteiger partial charge in [-0.15, -0.1) is 0 Å². The van der Waals surface area contributed by atoms with Gasteiger partial charge in [-0.2, -0.15) is 0 Å². The van der Waals surface area contributed by atoms with Gasteiger partial charge in [0.2, 0.25) is 11.8 Å². The number of nitrogens with one attached hydrogen (secondary N) is 3. The number of hydrogen-bond donors (Lipinski definition) is 3. The first-order valence-corrected chi connectivity index (χ1v) is 9.73. The standard InChI is InChI=1S/C22H26N6O2/c1-15-7-9-17(10-8-15)21-27-18(14-30-21)13-25-22(23-3)24-12-11-20(29)28-19-6-4-5-16(2)26-19/h4-10,14H,11-13H2,1-3H3,(H2,23,24,25)(H,26,28,29). The molecule has 0 bridgehead atoms. The molecule has 2 aromatic heterocycles. The van der Waals surface area contributed by atoms with E-state index in [-0.39, 0.29) is 12.3 Å². The second kappa shape index (κ2) is 10.2. The van der Waals surface area contributed by atoms with Gasteiger partial charge in [-0.1, -0.05) is 23.8 Å². The summed E-state index contributed by atoms with van der Waals surface area (Å²) < 4.78 is 5.56. The minimum atomic E-state index is -0.115. The molecular formula is C22H26N6O2. The lowest BCUT2D eigenvalue weighted by molar-refractivity contribution is -0.116. The highest BCUT2D eigenvalue weighted by Crippen LogP contribution is 2.18. The highest BCUT2D eigenvalue weighted by atomic mass is 16.3. The SMILES string of the molecule is CN=C(NCCC(=O)Nc1cccc(C)n1)NCc1coc(-c2ccc(C)cc2)n1. The van der Waals surface area contributed by atoms with Crippen molar-refractivity contribution in [2.75, 3.05) is 18.9 Å². The van der Waals surface area contributed by atoms with Crippen LogP contribution in [0.4, 0.5) is 5.82 Å². The second-order valence-electron chi connectivity index (χ2n) is 6.82. The van der Waals surface area contributed by atoms with Gasteiger partial charge >= 0.3 is 0 Å². The zero-order chi connectivity index (χ0) is 21.3. The van der Waals surface area contributed by atoms with E-state index in [1.165, 1.54) is 5.56 Å². The molecule has 0 atom stereocenters. The Hall–Kier alpha value is -3.68. The second-order valence-corrected chi connectivity index (χ2v) is 6.82. The molecule has 0 fully saturated rings. The molecule has 1 aromatic carbocycles. The van der Waals surface area contributed by atoms with Crippen LogP contribution in [0.1, 0.15) is 23.4 Å². The minimum absolute atomic E-state index is 0.115. The molecule has 30 heavy (non-hydrogen) atoms. The van der Waals surface area contributed by atoms with Crippen LogP contribution in [-0.2, 0) is 11.3 Å². The first kappa shape index (κ1) is 21.0. The highest BCUT2D eigenvalue weighted by Gasteiger charge is 2.08. The van der Waals surface area contributed by atoms with E-state index in [0.717, 1.165) is 17.0 Å². The monoisotopic (exact) mass is 406 g/mol. The van der Waals surface area contributed by atoms with Gasteiger partial charge in [0.25, 0.3) is 0 Å². The predicted molar refractivity (Wildman–Crippen MR) is 117 cm³/mol. The third-order valence-corrected chi connectivity index (χ3v) is 4.31. The summed E-state index contributed by atoms with van der Waals surface area (Å²) in [5.74, 6) is 1.60. The molecule has 0 unspecified atom stereocenters. The van der Waals surface area contributed by atoms with Crippen LogP contribution in [-0.4, -0.2) is 35.4 Å². The fourth-order valence-electron chi connectivity index (χ4n) is 2.72. The Kier molecular flexibility index (Phi) is 7.15. The highest BCUT2D eigenvalue weighted by molar-refractivity contribution is 5.90. The number of pyridine rings is 1. The molecule has 156 valence electrons. The maximum atomic E-state index is 12.1. The maximum Gasteiger partial charge on any atom is 0.227 e. The zero-order valence-electron chi connectivity index (χ0n) is 17.4. The Morgan fingerprint density at radius 1 is 1.07 bits per heavy atom. The van der Waals surface area contributed by atoms with Crippen LogP contribution in [0.5, 0.6) is 0 Å². The number of guanidine groups is 1. The number of carbonyl (C=O) groups is 1. The van der Waals surface area contributed by atoms with Gasteiger partial charge < -0.3 is 20.4 Å². The quantitative estimate of drug-likeness (QED) is 0.411. The molecule has 0 radical (unpaired) electrons. The number of carbonyl (C=O) groups excluding carboxylic acids is 1. The fraction of sp³-hybridized carbons (Fsp3) is 0.273. The van der Waals surface area contributed by atoms with E-state index >= 15 is 0 Å². The van der Waals surface area contributed by atoms with Gasteiger partial charge in [-0.25, -0.2) is 9.97 Å². The average molecular weight is 406 g/mol. The van der Waals surface area contributed by atoms with Crippen molar-refractivity contribution in [3.8, 4) is 11.5 Å². The van der Waals surface area contributed by atoms with Gasteiger partial charge in [-0.05, 0) is 38.1 Å². The lowest BCUT2D eigenvalue weighted by Crippen LogP contribution is -2.38. The Morgan fingerprint density at radius 3 is 2.60 bits per heavy atom. The van der Waals surface area contributed by atoms with Crippen LogP contribution in [0.3, 0.4) is 0 Å². The van der Waals surface area contributed by atoms with Crippen molar-refractivity contribution in [3.05, 3.63) is 65.7 Å². The van der Waals surface area contributed by atoms with E-state index < -0.39 is 0 Å². The Labute approximate surface area is 175 Å². The summed E-state index contributed by atoms with van der Waals surface area (Å²) in [6.45, 7) is 4.81. The Balaban J connectivity index is 1.43. The third kappa shape index (κ3) is 6.16. The van der Waals surface area contributed by atoms with Gasteiger partial charge in [-0.3, -0.25) is 9.79 Å². The Bertz CT molecular complexity index is 1010. The number of nitrogens with zero attached hydrogens (tertiary/aromatic N) is 3. The largest absolute Gasteiger partial charge is 0.444 e. The first-order valence-electron chi connectivity index (χ1n) is 9.73. The molecule has 0 aliphatic heterocycles. The lowest BCUT2D eigenvalue weighted by atomic mass is 10.1. The fourth-order valence-corrected chi connectivity index (χ4v) is 2.72. The minimum Gasteiger partial charge on any atom is -0.444 e. The third-order valence-electron chi connectivity index (χ3n) is 4.31. The van der Waals surface area contributed by atoms with Gasteiger partial charge in [0.15, 0.2) is 5.96 Å². The van der Waals surface area contributed by atoms with Crippen LogP contribution in [0.25, 0.3) is 11.5 Å². The normalized spacial score (nSPS) is 11.2. The first-order chi connectivity index (χ1) is 14.5.